The minimum Gasteiger partial charge on any atom is -0.872 e. The smallest absolute Gasteiger partial charge is 0.335 e. The predicted molar refractivity (Wildman–Crippen MR) is 77.1 cm³/mol. The Kier molecular flexibility index (Phi) is 3.26. The van der Waals surface area contributed by atoms with E-state index in [2.05, 4.69) is 0 Å². The summed E-state index contributed by atoms with van der Waals surface area (Å²) in [6.07, 6.45) is 0. The van der Waals surface area contributed by atoms with E-state index in [1.54, 1.807) is 0 Å². The standard InChI is InChI=1S/C15H8N2O7/c18-12-4-2-7(5-11(12)15(21)22)16-13(19)9-3-1-8(17(23)24)6-10(9)14(16)20/h1-6,18H,(H,21,22)/p-1. The van der Waals surface area contributed by atoms with Crippen LogP contribution in [-0.4, -0.2) is 27.8 Å². The van der Waals surface area contributed by atoms with Gasteiger partial charge in [-0.3, -0.25) is 19.7 Å². The fourth-order valence-electron chi connectivity index (χ4n) is 2.40. The molecule has 0 fully saturated rings. The second kappa shape index (κ2) is 5.16. The Hall–Kier alpha value is -3.75. The van der Waals surface area contributed by atoms with E-state index in [1.807, 2.05) is 0 Å². The molecule has 0 bridgehead atoms. The highest BCUT2D eigenvalue weighted by molar-refractivity contribution is 6.34. The van der Waals surface area contributed by atoms with Crippen LogP contribution in [0.25, 0.3) is 0 Å². The van der Waals surface area contributed by atoms with Gasteiger partial charge in [0.25, 0.3) is 17.5 Å². The monoisotopic (exact) mass is 327 g/mol. The van der Waals surface area contributed by atoms with Crippen molar-refractivity contribution in [3.05, 3.63) is 63.2 Å². The predicted octanol–water partition coefficient (Wildman–Crippen LogP) is 1.17. The summed E-state index contributed by atoms with van der Waals surface area (Å²) in [4.78, 5) is 46.6. The molecule has 1 aliphatic rings. The van der Waals surface area contributed by atoms with Crippen LogP contribution in [0.1, 0.15) is 31.1 Å². The molecule has 120 valence electrons. The number of hydrogen-bond donors (Lipinski definition) is 1. The number of nitro groups is 1. The summed E-state index contributed by atoms with van der Waals surface area (Å²) in [5.74, 6) is -3.83. The topological polar surface area (TPSA) is 141 Å². The van der Waals surface area contributed by atoms with Gasteiger partial charge in [0.15, 0.2) is 0 Å². The highest BCUT2D eigenvalue weighted by Crippen LogP contribution is 2.32. The third-order valence-corrected chi connectivity index (χ3v) is 3.53. The number of rotatable bonds is 3. The molecule has 9 heteroatoms. The lowest BCUT2D eigenvalue weighted by molar-refractivity contribution is -0.384. The SMILES string of the molecule is O=C(O)c1cc(N2C(=O)c3ccc([N+](=O)[O-])cc3C2=O)ccc1[O-]. The van der Waals surface area contributed by atoms with E-state index in [9.17, 15) is 29.6 Å². The van der Waals surface area contributed by atoms with Crippen molar-refractivity contribution in [3.8, 4) is 5.75 Å². The Balaban J connectivity index is 2.10. The van der Waals surface area contributed by atoms with Gasteiger partial charge in [0.05, 0.1) is 27.3 Å². The zero-order valence-electron chi connectivity index (χ0n) is 11.8. The molecule has 1 heterocycles. The molecule has 0 spiro atoms. The average molecular weight is 327 g/mol. The molecule has 0 unspecified atom stereocenters. The number of imide groups is 1. The first-order valence-corrected chi connectivity index (χ1v) is 6.53. The summed E-state index contributed by atoms with van der Waals surface area (Å²) < 4.78 is 0. The summed E-state index contributed by atoms with van der Waals surface area (Å²) >= 11 is 0. The molecule has 0 saturated carbocycles. The number of carboxylic acids is 1. The lowest BCUT2D eigenvalue weighted by Crippen LogP contribution is -2.29. The number of hydrogen-bond acceptors (Lipinski definition) is 6. The molecular formula is C15H7N2O7-. The Morgan fingerprint density at radius 2 is 1.71 bits per heavy atom. The van der Waals surface area contributed by atoms with E-state index in [-0.39, 0.29) is 22.5 Å². The van der Waals surface area contributed by atoms with Gasteiger partial charge in [0.1, 0.15) is 0 Å². The molecule has 0 aliphatic carbocycles. The van der Waals surface area contributed by atoms with Crippen LogP contribution in [-0.2, 0) is 0 Å². The van der Waals surface area contributed by atoms with Gasteiger partial charge in [-0.25, -0.2) is 9.69 Å². The first-order chi connectivity index (χ1) is 11.3. The average Bonchev–Trinajstić information content (AvgIpc) is 2.79. The first kappa shape index (κ1) is 15.2. The number of aromatic carboxylic acids is 1. The van der Waals surface area contributed by atoms with E-state index in [0.717, 1.165) is 36.4 Å². The Morgan fingerprint density at radius 3 is 2.33 bits per heavy atom. The van der Waals surface area contributed by atoms with Crippen molar-refractivity contribution in [2.45, 2.75) is 0 Å². The quantitative estimate of drug-likeness (QED) is 0.506. The molecule has 0 radical (unpaired) electrons. The maximum atomic E-state index is 12.4. The zero-order chi connectivity index (χ0) is 17.6. The molecule has 0 atom stereocenters. The molecule has 3 rings (SSSR count). The minimum absolute atomic E-state index is 0.0336. The molecule has 1 N–H and O–H groups in total. The van der Waals surface area contributed by atoms with E-state index >= 15 is 0 Å². The summed E-state index contributed by atoms with van der Waals surface area (Å²) in [6.45, 7) is 0. The van der Waals surface area contributed by atoms with Crippen molar-refractivity contribution in [3.63, 3.8) is 0 Å². The number of nitrogens with zero attached hydrogens (tertiary/aromatic N) is 2. The summed E-state index contributed by atoms with van der Waals surface area (Å²) in [6, 6.07) is 6.23. The third-order valence-electron chi connectivity index (χ3n) is 3.53. The van der Waals surface area contributed by atoms with E-state index in [1.165, 1.54) is 0 Å². The summed E-state index contributed by atoms with van der Waals surface area (Å²) in [5, 5.41) is 31.3. The summed E-state index contributed by atoms with van der Waals surface area (Å²) in [5.41, 5.74) is -1.22. The number of carbonyl (C=O) groups is 3. The normalized spacial score (nSPS) is 13.1. The third kappa shape index (κ3) is 2.15. The molecule has 1 aliphatic heterocycles. The van der Waals surface area contributed by atoms with E-state index < -0.39 is 34.0 Å². The largest absolute Gasteiger partial charge is 0.872 e. The van der Waals surface area contributed by atoms with Gasteiger partial charge >= 0.3 is 5.97 Å². The maximum absolute atomic E-state index is 12.4. The Labute approximate surface area is 133 Å². The van der Waals surface area contributed by atoms with E-state index in [4.69, 9.17) is 5.11 Å². The highest BCUT2D eigenvalue weighted by Gasteiger charge is 2.38. The second-order valence-corrected chi connectivity index (χ2v) is 4.92. The van der Waals surface area contributed by atoms with E-state index in [0.29, 0.717) is 4.90 Å². The van der Waals surface area contributed by atoms with Crippen LogP contribution < -0.4 is 10.0 Å². The highest BCUT2D eigenvalue weighted by atomic mass is 16.6. The van der Waals surface area contributed by atoms with Gasteiger partial charge in [-0.15, -0.1) is 0 Å². The second-order valence-electron chi connectivity index (χ2n) is 4.92. The van der Waals surface area contributed by atoms with Crippen molar-refractivity contribution in [1.82, 2.24) is 0 Å². The van der Waals surface area contributed by atoms with Crippen LogP contribution in [0.4, 0.5) is 11.4 Å². The van der Waals surface area contributed by atoms with Crippen LogP contribution in [0.15, 0.2) is 36.4 Å². The molecule has 24 heavy (non-hydrogen) atoms. The first-order valence-electron chi connectivity index (χ1n) is 6.53. The van der Waals surface area contributed by atoms with Gasteiger partial charge in [-0.1, -0.05) is 11.8 Å². The maximum Gasteiger partial charge on any atom is 0.335 e. The van der Waals surface area contributed by atoms with Gasteiger partial charge in [-0.2, -0.15) is 0 Å². The number of anilines is 1. The van der Waals surface area contributed by atoms with Gasteiger partial charge < -0.3 is 10.2 Å². The number of fused-ring (bicyclic) bond motifs is 1. The van der Waals surface area contributed by atoms with Crippen molar-refractivity contribution in [1.29, 1.82) is 0 Å². The van der Waals surface area contributed by atoms with Crippen LogP contribution in [0.2, 0.25) is 0 Å². The van der Waals surface area contributed by atoms with Crippen molar-refractivity contribution in [2.24, 2.45) is 0 Å². The molecule has 2 amide bonds. The van der Waals surface area contributed by atoms with Crippen molar-refractivity contribution >= 4 is 29.2 Å². The summed E-state index contributed by atoms with van der Waals surface area (Å²) in [7, 11) is 0. The zero-order valence-corrected chi connectivity index (χ0v) is 11.8. The van der Waals surface area contributed by atoms with Crippen LogP contribution in [0.5, 0.6) is 5.75 Å². The van der Waals surface area contributed by atoms with Crippen LogP contribution in [0.3, 0.4) is 0 Å². The number of nitro benzene ring substituents is 1. The van der Waals surface area contributed by atoms with Gasteiger partial charge in [0.2, 0.25) is 0 Å². The number of non-ortho nitro benzene ring substituents is 1. The fourth-order valence-corrected chi connectivity index (χ4v) is 2.40. The van der Waals surface area contributed by atoms with Gasteiger partial charge in [0, 0.05) is 12.1 Å². The molecule has 2 aromatic carbocycles. The number of carbonyl (C=O) groups excluding carboxylic acids is 2. The van der Waals surface area contributed by atoms with Gasteiger partial charge in [-0.05, 0) is 18.2 Å². The Morgan fingerprint density at radius 1 is 1.04 bits per heavy atom. The van der Waals surface area contributed by atoms with Crippen molar-refractivity contribution < 1.29 is 29.5 Å². The lowest BCUT2D eigenvalue weighted by Gasteiger charge is -2.17. The molecule has 0 aromatic heterocycles. The van der Waals surface area contributed by atoms with Crippen molar-refractivity contribution in [2.75, 3.05) is 4.90 Å². The molecular weight excluding hydrogens is 320 g/mol. The van der Waals surface area contributed by atoms with Crippen LogP contribution in [0, 0.1) is 10.1 Å². The molecule has 9 nitrogen and oxygen atoms in total. The number of benzene rings is 2. The minimum atomic E-state index is -1.49. The Bertz CT molecular complexity index is 935. The van der Waals surface area contributed by atoms with Crippen LogP contribution >= 0.6 is 0 Å². The molecule has 2 aromatic rings. The number of carboxylic acid groups (broad SMARTS) is 1. The molecule has 0 saturated heterocycles. The fraction of sp³-hybridized carbons (Fsp3) is 0. The lowest BCUT2D eigenvalue weighted by atomic mass is 10.1. The number of amides is 2.